The van der Waals surface area contributed by atoms with Crippen LogP contribution in [0.15, 0.2) is 24.3 Å². The zero-order valence-electron chi connectivity index (χ0n) is 19.7. The average molecular weight is 485 g/mol. The largest absolute Gasteiger partial charge is 0.481 e. The minimum Gasteiger partial charge on any atom is -0.481 e. The topological polar surface area (TPSA) is 148 Å². The SMILES string of the molecule is C#CCN(CC1CCC2NC(C)NC(=O)C2C1)c1ccc(C(=O)N[C@@H](CCC(=O)O)C(=O)O)cc1. The molecular weight excluding hydrogens is 452 g/mol. The number of carbonyl (C=O) groups excluding carboxylic acids is 2. The van der Waals surface area contributed by atoms with Crippen molar-refractivity contribution in [3.63, 3.8) is 0 Å². The molecule has 1 saturated heterocycles. The highest BCUT2D eigenvalue weighted by molar-refractivity contribution is 5.97. The zero-order chi connectivity index (χ0) is 25.5. The molecule has 1 aromatic rings. The first-order valence-electron chi connectivity index (χ1n) is 11.8. The quantitative estimate of drug-likeness (QED) is 0.309. The number of carbonyl (C=O) groups is 4. The van der Waals surface area contributed by atoms with E-state index in [4.69, 9.17) is 11.5 Å². The van der Waals surface area contributed by atoms with Gasteiger partial charge in [-0.2, -0.15) is 0 Å². The third-order valence-corrected chi connectivity index (χ3v) is 6.62. The van der Waals surface area contributed by atoms with Crippen LogP contribution in [-0.2, 0) is 14.4 Å². The van der Waals surface area contributed by atoms with Gasteiger partial charge in [0.05, 0.1) is 18.6 Å². The van der Waals surface area contributed by atoms with E-state index in [1.807, 2.05) is 11.8 Å². The lowest BCUT2D eigenvalue weighted by atomic mass is 9.76. The van der Waals surface area contributed by atoms with Crippen LogP contribution in [0.1, 0.15) is 49.4 Å². The standard InChI is InChI=1S/C25H32N4O6/c1-3-12-29(14-16-4-9-20-19(13-16)24(33)27-15(2)26-20)18-7-5-17(6-8-18)23(32)28-21(25(34)35)10-11-22(30)31/h1,5-8,15-16,19-21,26H,4,9-14H2,2H3,(H,27,33)(H,28,32)(H,30,31)(H,34,35)/t15?,16?,19?,20?,21-/m0/s1. The Morgan fingerprint density at radius 3 is 2.57 bits per heavy atom. The number of nitrogens with zero attached hydrogens (tertiary/aromatic N) is 1. The summed E-state index contributed by atoms with van der Waals surface area (Å²) in [7, 11) is 0. The fourth-order valence-corrected chi connectivity index (χ4v) is 4.87. The molecule has 10 nitrogen and oxygen atoms in total. The van der Waals surface area contributed by atoms with Crippen molar-refractivity contribution >= 4 is 29.4 Å². The van der Waals surface area contributed by atoms with Crippen molar-refractivity contribution in [1.82, 2.24) is 16.0 Å². The van der Waals surface area contributed by atoms with E-state index in [0.29, 0.717) is 19.0 Å². The number of nitrogens with one attached hydrogen (secondary N) is 3. The third-order valence-electron chi connectivity index (χ3n) is 6.62. The van der Waals surface area contributed by atoms with E-state index in [9.17, 15) is 24.3 Å². The summed E-state index contributed by atoms with van der Waals surface area (Å²) in [5.74, 6) is -0.0319. The van der Waals surface area contributed by atoms with Crippen molar-refractivity contribution in [2.45, 2.75) is 57.3 Å². The van der Waals surface area contributed by atoms with Crippen LogP contribution in [0.2, 0.25) is 0 Å². The number of benzene rings is 1. The molecule has 35 heavy (non-hydrogen) atoms. The van der Waals surface area contributed by atoms with Crippen LogP contribution in [0, 0.1) is 24.2 Å². The summed E-state index contributed by atoms with van der Waals surface area (Å²) >= 11 is 0. The highest BCUT2D eigenvalue weighted by Crippen LogP contribution is 2.33. The van der Waals surface area contributed by atoms with Crippen molar-refractivity contribution in [3.8, 4) is 12.3 Å². The van der Waals surface area contributed by atoms with Crippen molar-refractivity contribution in [2.24, 2.45) is 11.8 Å². The predicted molar refractivity (Wildman–Crippen MR) is 129 cm³/mol. The summed E-state index contributed by atoms with van der Waals surface area (Å²) in [6, 6.07) is 5.57. The summed E-state index contributed by atoms with van der Waals surface area (Å²) in [6.45, 7) is 2.99. The number of hydrogen-bond donors (Lipinski definition) is 5. The summed E-state index contributed by atoms with van der Waals surface area (Å²) in [6.07, 6.45) is 7.67. The number of fused-ring (bicyclic) bond motifs is 1. The molecule has 1 heterocycles. The minimum atomic E-state index is -1.29. The van der Waals surface area contributed by atoms with Gasteiger partial charge in [-0.1, -0.05) is 5.92 Å². The molecule has 2 amide bonds. The summed E-state index contributed by atoms with van der Waals surface area (Å²) in [5.41, 5.74) is 1.08. The lowest BCUT2D eigenvalue weighted by molar-refractivity contribution is -0.140. The molecule has 188 valence electrons. The summed E-state index contributed by atoms with van der Waals surface area (Å²) < 4.78 is 0. The van der Waals surface area contributed by atoms with Crippen molar-refractivity contribution in [3.05, 3.63) is 29.8 Å². The predicted octanol–water partition coefficient (Wildman–Crippen LogP) is 1.02. The maximum atomic E-state index is 12.5. The normalized spacial score (nSPS) is 24.3. The molecule has 0 aromatic heterocycles. The van der Waals surface area contributed by atoms with Gasteiger partial charge in [0.1, 0.15) is 6.04 Å². The lowest BCUT2D eigenvalue weighted by Crippen LogP contribution is -2.61. The number of carboxylic acid groups (broad SMARTS) is 2. The Morgan fingerprint density at radius 2 is 1.94 bits per heavy atom. The van der Waals surface area contributed by atoms with E-state index in [2.05, 4.69) is 21.9 Å². The molecule has 2 aliphatic rings. The van der Waals surface area contributed by atoms with E-state index in [1.54, 1.807) is 24.3 Å². The lowest BCUT2D eigenvalue weighted by Gasteiger charge is -2.42. The number of carboxylic acids is 2. The van der Waals surface area contributed by atoms with Gasteiger partial charge in [0, 0.05) is 30.3 Å². The molecule has 3 rings (SSSR count). The zero-order valence-corrected chi connectivity index (χ0v) is 19.7. The third kappa shape index (κ3) is 6.96. The van der Waals surface area contributed by atoms with Gasteiger partial charge in [0.25, 0.3) is 5.91 Å². The van der Waals surface area contributed by atoms with Gasteiger partial charge in [-0.3, -0.25) is 19.7 Å². The second-order valence-electron chi connectivity index (χ2n) is 9.22. The molecule has 1 saturated carbocycles. The van der Waals surface area contributed by atoms with Crippen LogP contribution < -0.4 is 20.9 Å². The Balaban J connectivity index is 1.63. The fraction of sp³-hybridized carbons (Fsp3) is 0.520. The maximum absolute atomic E-state index is 12.5. The van der Waals surface area contributed by atoms with Gasteiger partial charge in [0.15, 0.2) is 0 Å². The number of terminal acetylenes is 1. The van der Waals surface area contributed by atoms with Crippen LogP contribution in [0.25, 0.3) is 0 Å². The van der Waals surface area contributed by atoms with E-state index in [-0.39, 0.29) is 42.4 Å². The van der Waals surface area contributed by atoms with Gasteiger partial charge in [0.2, 0.25) is 5.91 Å². The molecule has 0 radical (unpaired) electrons. The first-order chi connectivity index (χ1) is 16.7. The number of amides is 2. The average Bonchev–Trinajstić information content (AvgIpc) is 2.81. The fourth-order valence-electron chi connectivity index (χ4n) is 4.87. The monoisotopic (exact) mass is 484 g/mol. The Labute approximate surface area is 204 Å². The van der Waals surface area contributed by atoms with Gasteiger partial charge < -0.3 is 25.7 Å². The Morgan fingerprint density at radius 1 is 1.23 bits per heavy atom. The van der Waals surface area contributed by atoms with Gasteiger partial charge >= 0.3 is 11.9 Å². The molecule has 5 atom stereocenters. The molecule has 1 aliphatic heterocycles. The molecule has 0 spiro atoms. The molecular formula is C25H32N4O6. The molecule has 1 aliphatic carbocycles. The molecule has 4 unspecified atom stereocenters. The second kappa shape index (κ2) is 11.7. The first-order valence-corrected chi connectivity index (χ1v) is 11.8. The molecule has 1 aromatic carbocycles. The second-order valence-corrected chi connectivity index (χ2v) is 9.22. The Hall–Kier alpha value is -3.58. The number of anilines is 1. The number of aliphatic carboxylic acids is 2. The molecule has 2 fully saturated rings. The Kier molecular flexibility index (Phi) is 8.71. The van der Waals surface area contributed by atoms with E-state index < -0.39 is 23.9 Å². The minimum absolute atomic E-state index is 0.0168. The Bertz CT molecular complexity index is 989. The van der Waals surface area contributed by atoms with E-state index in [0.717, 1.165) is 24.9 Å². The number of rotatable bonds is 10. The van der Waals surface area contributed by atoms with Crippen LogP contribution >= 0.6 is 0 Å². The first kappa shape index (κ1) is 26.0. The van der Waals surface area contributed by atoms with Crippen molar-refractivity contribution in [2.75, 3.05) is 18.0 Å². The van der Waals surface area contributed by atoms with Crippen LogP contribution in [0.5, 0.6) is 0 Å². The molecule has 5 N–H and O–H groups in total. The van der Waals surface area contributed by atoms with E-state index in [1.165, 1.54) is 0 Å². The van der Waals surface area contributed by atoms with E-state index >= 15 is 0 Å². The summed E-state index contributed by atoms with van der Waals surface area (Å²) in [5, 5.41) is 26.8. The van der Waals surface area contributed by atoms with Crippen LogP contribution in [-0.4, -0.2) is 65.3 Å². The highest BCUT2D eigenvalue weighted by Gasteiger charge is 2.39. The number of hydrogen-bond acceptors (Lipinski definition) is 6. The molecule has 0 bridgehead atoms. The van der Waals surface area contributed by atoms with Crippen molar-refractivity contribution < 1.29 is 29.4 Å². The van der Waals surface area contributed by atoms with Crippen LogP contribution in [0.4, 0.5) is 5.69 Å². The maximum Gasteiger partial charge on any atom is 0.326 e. The smallest absolute Gasteiger partial charge is 0.326 e. The van der Waals surface area contributed by atoms with Gasteiger partial charge in [-0.25, -0.2) is 4.79 Å². The highest BCUT2D eigenvalue weighted by atomic mass is 16.4. The van der Waals surface area contributed by atoms with Crippen LogP contribution in [0.3, 0.4) is 0 Å². The van der Waals surface area contributed by atoms with Crippen molar-refractivity contribution in [1.29, 1.82) is 0 Å². The summed E-state index contributed by atoms with van der Waals surface area (Å²) in [4.78, 5) is 49.1. The van der Waals surface area contributed by atoms with Gasteiger partial charge in [-0.15, -0.1) is 6.42 Å². The molecule has 10 heteroatoms. The van der Waals surface area contributed by atoms with Gasteiger partial charge in [-0.05, 0) is 62.8 Å².